The number of aromatic nitrogens is 1. The number of fused-ring (bicyclic) bond motifs is 2. The smallest absolute Gasteiger partial charge is 0.222 e. The molecule has 2 aromatic carbocycles. The standard InChI is InChI=1S/C24H26FN3O3/c25-18-7-8-20-19(15-18)17(16-26-20)3-1-6-23(29)28-11-9-27(10-12-28)21-4-2-5-22-24(21)31-14-13-30-22/h2,4-5,7-8,15-16,26H,1,3,6,9-14H2. The van der Waals surface area contributed by atoms with E-state index in [9.17, 15) is 9.18 Å². The van der Waals surface area contributed by atoms with Gasteiger partial charge >= 0.3 is 0 Å². The Morgan fingerprint density at radius 3 is 2.77 bits per heavy atom. The van der Waals surface area contributed by atoms with Crippen molar-refractivity contribution in [3.63, 3.8) is 0 Å². The summed E-state index contributed by atoms with van der Waals surface area (Å²) in [6.45, 7) is 4.07. The van der Waals surface area contributed by atoms with E-state index in [4.69, 9.17) is 9.47 Å². The van der Waals surface area contributed by atoms with Gasteiger partial charge in [-0.15, -0.1) is 0 Å². The van der Waals surface area contributed by atoms with Gasteiger partial charge in [0.05, 0.1) is 5.69 Å². The molecular weight excluding hydrogens is 397 g/mol. The highest BCUT2D eigenvalue weighted by molar-refractivity contribution is 5.83. The number of hydrogen-bond acceptors (Lipinski definition) is 4. The highest BCUT2D eigenvalue weighted by Crippen LogP contribution is 2.39. The Hall–Kier alpha value is -3.22. The second kappa shape index (κ2) is 8.49. The number of amides is 1. The second-order valence-electron chi connectivity index (χ2n) is 8.03. The number of nitrogens with one attached hydrogen (secondary N) is 1. The maximum absolute atomic E-state index is 13.5. The van der Waals surface area contributed by atoms with E-state index in [0.717, 1.165) is 59.6 Å². The number of aromatic amines is 1. The lowest BCUT2D eigenvalue weighted by molar-refractivity contribution is -0.131. The minimum Gasteiger partial charge on any atom is -0.486 e. The number of H-pyrrole nitrogens is 1. The van der Waals surface area contributed by atoms with Crippen LogP contribution in [0.2, 0.25) is 0 Å². The van der Waals surface area contributed by atoms with Gasteiger partial charge in [-0.05, 0) is 48.7 Å². The summed E-state index contributed by atoms with van der Waals surface area (Å²) in [7, 11) is 0. The van der Waals surface area contributed by atoms with E-state index in [1.165, 1.54) is 6.07 Å². The molecule has 0 atom stereocenters. The van der Waals surface area contributed by atoms with Gasteiger partial charge in [-0.1, -0.05) is 6.07 Å². The Labute approximate surface area is 180 Å². The molecule has 0 unspecified atom stereocenters. The molecule has 3 aromatic rings. The first kappa shape index (κ1) is 19.7. The molecule has 1 amide bonds. The minimum atomic E-state index is -0.237. The van der Waals surface area contributed by atoms with Crippen LogP contribution in [0, 0.1) is 5.82 Å². The number of hydrogen-bond donors (Lipinski definition) is 1. The van der Waals surface area contributed by atoms with Crippen molar-refractivity contribution in [1.82, 2.24) is 9.88 Å². The van der Waals surface area contributed by atoms with Crippen LogP contribution in [-0.4, -0.2) is 55.2 Å². The van der Waals surface area contributed by atoms with Gasteiger partial charge in [0.1, 0.15) is 19.0 Å². The molecule has 31 heavy (non-hydrogen) atoms. The van der Waals surface area contributed by atoms with Crippen LogP contribution < -0.4 is 14.4 Å². The number of carbonyl (C=O) groups is 1. The first-order chi connectivity index (χ1) is 15.2. The predicted octanol–water partition coefficient (Wildman–Crippen LogP) is 3.75. The molecule has 6 nitrogen and oxygen atoms in total. The van der Waals surface area contributed by atoms with E-state index in [1.807, 2.05) is 23.2 Å². The highest BCUT2D eigenvalue weighted by atomic mass is 19.1. The topological polar surface area (TPSA) is 57.8 Å². The molecule has 0 aliphatic carbocycles. The van der Waals surface area contributed by atoms with Crippen LogP contribution in [0.3, 0.4) is 0 Å². The molecule has 3 heterocycles. The molecule has 0 saturated carbocycles. The van der Waals surface area contributed by atoms with E-state index in [2.05, 4.69) is 16.0 Å². The first-order valence-corrected chi connectivity index (χ1v) is 10.9. The van der Waals surface area contributed by atoms with Crippen LogP contribution in [0.1, 0.15) is 18.4 Å². The number of halogens is 1. The van der Waals surface area contributed by atoms with Crippen LogP contribution >= 0.6 is 0 Å². The zero-order valence-corrected chi connectivity index (χ0v) is 17.4. The molecular formula is C24H26FN3O3. The number of piperazine rings is 1. The summed E-state index contributed by atoms with van der Waals surface area (Å²) in [5.41, 5.74) is 3.02. The van der Waals surface area contributed by atoms with E-state index < -0.39 is 0 Å². The lowest BCUT2D eigenvalue weighted by Gasteiger charge is -2.37. The Morgan fingerprint density at radius 2 is 1.90 bits per heavy atom. The number of carbonyl (C=O) groups excluding carboxylic acids is 1. The van der Waals surface area contributed by atoms with Gasteiger partial charge in [-0.3, -0.25) is 4.79 Å². The predicted molar refractivity (Wildman–Crippen MR) is 117 cm³/mol. The van der Waals surface area contributed by atoms with Gasteiger partial charge < -0.3 is 24.3 Å². The number of rotatable bonds is 5. The zero-order valence-electron chi connectivity index (χ0n) is 17.4. The lowest BCUT2D eigenvalue weighted by Crippen LogP contribution is -2.49. The van der Waals surface area contributed by atoms with Crippen molar-refractivity contribution < 1.29 is 18.7 Å². The second-order valence-corrected chi connectivity index (χ2v) is 8.03. The summed E-state index contributed by atoms with van der Waals surface area (Å²) in [4.78, 5) is 20.1. The van der Waals surface area contributed by atoms with Crippen molar-refractivity contribution in [3.8, 4) is 11.5 Å². The number of nitrogens with zero attached hydrogens (tertiary/aromatic N) is 2. The molecule has 0 spiro atoms. The molecule has 1 fully saturated rings. The summed E-state index contributed by atoms with van der Waals surface area (Å²) < 4.78 is 25.1. The Kier molecular flexibility index (Phi) is 5.40. The third-order valence-corrected chi connectivity index (χ3v) is 6.08. The average Bonchev–Trinajstić information content (AvgIpc) is 3.21. The van der Waals surface area contributed by atoms with Gasteiger partial charge in [0.15, 0.2) is 11.5 Å². The van der Waals surface area contributed by atoms with E-state index in [0.29, 0.717) is 32.7 Å². The normalized spacial score (nSPS) is 16.0. The van der Waals surface area contributed by atoms with Gasteiger partial charge in [0.25, 0.3) is 0 Å². The fourth-order valence-electron chi connectivity index (χ4n) is 4.45. The van der Waals surface area contributed by atoms with Crippen LogP contribution in [0.25, 0.3) is 10.9 Å². The first-order valence-electron chi connectivity index (χ1n) is 10.9. The summed E-state index contributed by atoms with van der Waals surface area (Å²) in [5.74, 6) is 1.54. The highest BCUT2D eigenvalue weighted by Gasteiger charge is 2.25. The van der Waals surface area contributed by atoms with Gasteiger partial charge in [0, 0.05) is 49.7 Å². The van der Waals surface area contributed by atoms with E-state index in [-0.39, 0.29) is 11.7 Å². The Bertz CT molecular complexity index is 1090. The average molecular weight is 423 g/mol. The van der Waals surface area contributed by atoms with E-state index in [1.54, 1.807) is 12.1 Å². The molecule has 162 valence electrons. The summed E-state index contributed by atoms with van der Waals surface area (Å²) in [5, 5.41) is 0.901. The quantitative estimate of drug-likeness (QED) is 0.679. The molecule has 1 N–H and O–H groups in total. The zero-order chi connectivity index (χ0) is 21.2. The van der Waals surface area contributed by atoms with Crippen LogP contribution in [-0.2, 0) is 11.2 Å². The molecule has 0 radical (unpaired) electrons. The SMILES string of the molecule is O=C(CCCc1c[nH]c2ccc(F)cc12)N1CCN(c2cccc3c2OCCO3)CC1. The molecule has 2 aliphatic rings. The molecule has 2 aliphatic heterocycles. The van der Waals surface area contributed by atoms with E-state index >= 15 is 0 Å². The number of ether oxygens (including phenoxy) is 2. The molecule has 0 bridgehead atoms. The number of benzene rings is 2. The number of para-hydroxylation sites is 1. The van der Waals surface area contributed by atoms with Crippen molar-refractivity contribution in [2.75, 3.05) is 44.3 Å². The van der Waals surface area contributed by atoms with Crippen molar-refractivity contribution in [2.45, 2.75) is 19.3 Å². The Balaban J connectivity index is 1.14. The van der Waals surface area contributed by atoms with Crippen molar-refractivity contribution >= 4 is 22.5 Å². The minimum absolute atomic E-state index is 0.181. The summed E-state index contributed by atoms with van der Waals surface area (Å²) >= 11 is 0. The van der Waals surface area contributed by atoms with Crippen LogP contribution in [0.4, 0.5) is 10.1 Å². The van der Waals surface area contributed by atoms with Crippen molar-refractivity contribution in [2.24, 2.45) is 0 Å². The molecule has 5 rings (SSSR count). The fourth-order valence-corrected chi connectivity index (χ4v) is 4.45. The van der Waals surface area contributed by atoms with Crippen molar-refractivity contribution in [3.05, 3.63) is 54.0 Å². The summed E-state index contributed by atoms with van der Waals surface area (Å²) in [6, 6.07) is 10.7. The molecule has 7 heteroatoms. The number of aryl methyl sites for hydroxylation is 1. The third-order valence-electron chi connectivity index (χ3n) is 6.08. The lowest BCUT2D eigenvalue weighted by atomic mass is 10.1. The third kappa shape index (κ3) is 4.04. The van der Waals surface area contributed by atoms with Gasteiger partial charge in [0.2, 0.25) is 5.91 Å². The van der Waals surface area contributed by atoms with Gasteiger partial charge in [-0.25, -0.2) is 4.39 Å². The fraction of sp³-hybridized carbons (Fsp3) is 0.375. The van der Waals surface area contributed by atoms with Crippen LogP contribution in [0.5, 0.6) is 11.5 Å². The van der Waals surface area contributed by atoms with Crippen molar-refractivity contribution in [1.29, 1.82) is 0 Å². The maximum Gasteiger partial charge on any atom is 0.222 e. The largest absolute Gasteiger partial charge is 0.486 e. The Morgan fingerprint density at radius 1 is 1.06 bits per heavy atom. The monoisotopic (exact) mass is 423 g/mol. The maximum atomic E-state index is 13.5. The molecule has 1 aromatic heterocycles. The molecule has 1 saturated heterocycles. The van der Waals surface area contributed by atoms with Crippen LogP contribution in [0.15, 0.2) is 42.6 Å². The summed E-state index contributed by atoms with van der Waals surface area (Å²) in [6.07, 6.45) is 3.92. The van der Waals surface area contributed by atoms with Gasteiger partial charge in [-0.2, -0.15) is 0 Å². The number of anilines is 1.